The maximum absolute atomic E-state index is 12.4. The number of carbonyl (C=O) groups excluding carboxylic acids is 1. The standard InChI is InChI=1S/C29H42N2O13/c1-16-25(44-31(38)39)22(43-30(36)37)12-24(41-16)42-18-3-8-27(15-32)20-4-7-26(2)19(17-11-23(33)40-14-17)6-10-29(26,35)21(20)5-9-28(27,34)13-18/h11,16,18-22,24-25,32,34-35H,3-10,12-15H2,1-2H3. The largest absolute Gasteiger partial charge is 0.458 e. The Kier molecular flexibility index (Phi) is 7.88. The molecular formula is C29H42N2O13. The molecule has 6 aliphatic rings. The lowest BCUT2D eigenvalue weighted by molar-refractivity contribution is -0.803. The Morgan fingerprint density at radius 2 is 1.75 bits per heavy atom. The van der Waals surface area contributed by atoms with Crippen LogP contribution in [0.5, 0.6) is 0 Å². The zero-order chi connectivity index (χ0) is 31.7. The van der Waals surface area contributed by atoms with Crippen LogP contribution in [0.1, 0.15) is 78.1 Å². The molecular weight excluding hydrogens is 584 g/mol. The third-order valence-corrected chi connectivity index (χ3v) is 12.4. The molecule has 15 heteroatoms. The average molecular weight is 627 g/mol. The van der Waals surface area contributed by atoms with Crippen LogP contribution in [0.15, 0.2) is 11.6 Å². The molecule has 0 bridgehead atoms. The van der Waals surface area contributed by atoms with Gasteiger partial charge in [0.2, 0.25) is 0 Å². The Hall–Kier alpha value is -2.59. The van der Waals surface area contributed by atoms with Crippen molar-refractivity contribution in [3.05, 3.63) is 31.9 Å². The van der Waals surface area contributed by atoms with Gasteiger partial charge in [-0.1, -0.05) is 6.92 Å². The quantitative estimate of drug-likeness (QED) is 0.153. The molecule has 44 heavy (non-hydrogen) atoms. The van der Waals surface area contributed by atoms with Gasteiger partial charge in [0.1, 0.15) is 12.7 Å². The number of hydrogen-bond donors (Lipinski definition) is 3. The Morgan fingerprint density at radius 3 is 2.41 bits per heavy atom. The van der Waals surface area contributed by atoms with Crippen LogP contribution < -0.4 is 0 Å². The van der Waals surface area contributed by atoms with E-state index in [9.17, 15) is 40.3 Å². The summed E-state index contributed by atoms with van der Waals surface area (Å²) in [6.45, 7) is 3.62. The first-order valence-corrected chi connectivity index (χ1v) is 15.6. The second kappa shape index (κ2) is 11.0. The van der Waals surface area contributed by atoms with E-state index in [4.69, 9.17) is 14.2 Å². The molecule has 1 saturated heterocycles. The van der Waals surface area contributed by atoms with Crippen molar-refractivity contribution in [3.8, 4) is 0 Å². The minimum Gasteiger partial charge on any atom is -0.458 e. The third kappa shape index (κ3) is 4.77. The van der Waals surface area contributed by atoms with Crippen molar-refractivity contribution in [2.45, 2.75) is 120 Å². The van der Waals surface area contributed by atoms with E-state index in [-0.39, 0.29) is 49.8 Å². The predicted octanol–water partition coefficient (Wildman–Crippen LogP) is 2.00. The first-order valence-electron chi connectivity index (χ1n) is 15.6. The first kappa shape index (κ1) is 31.4. The van der Waals surface area contributed by atoms with E-state index in [1.165, 1.54) is 6.92 Å². The van der Waals surface area contributed by atoms with Crippen molar-refractivity contribution in [1.82, 2.24) is 0 Å². The topological polar surface area (TPSA) is 210 Å². The van der Waals surface area contributed by atoms with Gasteiger partial charge in [0.05, 0.1) is 30.0 Å². The first-order chi connectivity index (χ1) is 20.7. The van der Waals surface area contributed by atoms with Gasteiger partial charge in [-0.25, -0.2) is 4.79 Å². The van der Waals surface area contributed by atoms with Crippen molar-refractivity contribution < 1.29 is 54.2 Å². The second-order valence-corrected chi connectivity index (χ2v) is 14.1. The Labute approximate surface area is 254 Å². The van der Waals surface area contributed by atoms with Crippen molar-refractivity contribution in [2.75, 3.05) is 13.2 Å². The zero-order valence-electron chi connectivity index (χ0n) is 25.0. The average Bonchev–Trinajstić information content (AvgIpc) is 3.49. The fourth-order valence-electron chi connectivity index (χ4n) is 10.4. The Balaban J connectivity index is 1.17. The van der Waals surface area contributed by atoms with Gasteiger partial charge in [0, 0.05) is 29.7 Å². The van der Waals surface area contributed by atoms with E-state index in [1.54, 1.807) is 6.08 Å². The van der Waals surface area contributed by atoms with Crippen LogP contribution in [0.4, 0.5) is 0 Å². The highest BCUT2D eigenvalue weighted by atomic mass is 17.0. The number of esters is 1. The smallest absolute Gasteiger partial charge is 0.331 e. The van der Waals surface area contributed by atoms with Gasteiger partial charge in [-0.2, -0.15) is 0 Å². The van der Waals surface area contributed by atoms with E-state index >= 15 is 0 Å². The van der Waals surface area contributed by atoms with Crippen molar-refractivity contribution in [2.24, 2.45) is 28.6 Å². The molecule has 0 spiro atoms. The third-order valence-electron chi connectivity index (χ3n) is 12.4. The monoisotopic (exact) mass is 626 g/mol. The molecule has 2 heterocycles. The molecule has 6 rings (SSSR count). The van der Waals surface area contributed by atoms with Gasteiger partial charge in [-0.05, 0) is 81.6 Å². The van der Waals surface area contributed by atoms with Gasteiger partial charge in [-0.3, -0.25) is 0 Å². The van der Waals surface area contributed by atoms with Gasteiger partial charge in [0.15, 0.2) is 12.4 Å². The molecule has 246 valence electrons. The molecule has 12 unspecified atom stereocenters. The fraction of sp³-hybridized carbons (Fsp3) is 0.897. The number of fused-ring (bicyclic) bond motifs is 5. The number of carbonyl (C=O) groups is 1. The zero-order valence-corrected chi connectivity index (χ0v) is 25.0. The van der Waals surface area contributed by atoms with Crippen LogP contribution in [-0.2, 0) is 28.7 Å². The molecule has 0 amide bonds. The van der Waals surface area contributed by atoms with E-state index < -0.39 is 62.9 Å². The van der Waals surface area contributed by atoms with E-state index in [2.05, 4.69) is 16.6 Å². The fourth-order valence-corrected chi connectivity index (χ4v) is 10.4. The maximum Gasteiger partial charge on any atom is 0.331 e. The lowest BCUT2D eigenvalue weighted by Crippen LogP contribution is -2.69. The molecule has 4 aliphatic carbocycles. The Bertz CT molecular complexity index is 1220. The van der Waals surface area contributed by atoms with Crippen LogP contribution in [0, 0.1) is 48.8 Å². The van der Waals surface area contributed by atoms with Crippen molar-refractivity contribution in [1.29, 1.82) is 0 Å². The van der Waals surface area contributed by atoms with E-state index in [0.717, 1.165) is 18.4 Å². The number of nitrogens with zero attached hydrogens (tertiary/aromatic N) is 2. The molecule has 0 aromatic rings. The lowest BCUT2D eigenvalue weighted by Gasteiger charge is -2.66. The predicted molar refractivity (Wildman–Crippen MR) is 146 cm³/mol. The van der Waals surface area contributed by atoms with Crippen LogP contribution in [0.2, 0.25) is 0 Å². The number of aliphatic hydroxyl groups is 3. The molecule has 3 N–H and O–H groups in total. The second-order valence-electron chi connectivity index (χ2n) is 14.1. The molecule has 2 aliphatic heterocycles. The Morgan fingerprint density at radius 1 is 1.02 bits per heavy atom. The SMILES string of the molecule is CC1OC(OC2CCC3(CO)C4CCC5(C)C(C6=CC(=O)OC6)CCC5(O)C4CCC3(O)C2)CC(O[N+](=O)[O-])C1O[N+](=O)[O-]. The highest BCUT2D eigenvalue weighted by molar-refractivity contribution is 5.85. The van der Waals surface area contributed by atoms with Crippen molar-refractivity contribution >= 4 is 5.97 Å². The molecule has 0 radical (unpaired) electrons. The summed E-state index contributed by atoms with van der Waals surface area (Å²) >= 11 is 0. The van der Waals surface area contributed by atoms with Crippen LogP contribution in [-0.4, -0.2) is 86.6 Å². The number of hydrogen-bond acceptors (Lipinski definition) is 13. The van der Waals surface area contributed by atoms with Gasteiger partial charge in [-0.15, -0.1) is 20.2 Å². The highest BCUT2D eigenvalue weighted by Crippen LogP contribution is 2.70. The highest BCUT2D eigenvalue weighted by Gasteiger charge is 2.71. The van der Waals surface area contributed by atoms with Gasteiger partial charge in [0.25, 0.3) is 10.2 Å². The summed E-state index contributed by atoms with van der Waals surface area (Å²) in [5, 5.41) is 55.6. The maximum atomic E-state index is 12.4. The lowest BCUT2D eigenvalue weighted by atomic mass is 9.41. The molecule has 0 aromatic heterocycles. The molecule has 12 atom stereocenters. The summed E-state index contributed by atoms with van der Waals surface area (Å²) in [5.41, 5.74) is -2.65. The van der Waals surface area contributed by atoms with Crippen molar-refractivity contribution in [3.63, 3.8) is 0 Å². The molecule has 15 nitrogen and oxygen atoms in total. The summed E-state index contributed by atoms with van der Waals surface area (Å²) in [5.74, 6) is -0.558. The van der Waals surface area contributed by atoms with Gasteiger partial charge < -0.3 is 39.2 Å². The number of ether oxygens (including phenoxy) is 3. The minimum atomic E-state index is -1.32. The summed E-state index contributed by atoms with van der Waals surface area (Å²) < 4.78 is 17.2. The summed E-state index contributed by atoms with van der Waals surface area (Å²) in [6.07, 6.45) is 1.12. The number of cyclic esters (lactones) is 1. The summed E-state index contributed by atoms with van der Waals surface area (Å²) in [7, 11) is 0. The van der Waals surface area contributed by atoms with E-state index in [1.807, 2.05) is 0 Å². The van der Waals surface area contributed by atoms with Crippen LogP contribution in [0.25, 0.3) is 0 Å². The minimum absolute atomic E-state index is 0.0336. The van der Waals surface area contributed by atoms with Gasteiger partial charge >= 0.3 is 5.97 Å². The number of rotatable bonds is 8. The molecule has 5 fully saturated rings. The molecule has 4 saturated carbocycles. The van der Waals surface area contributed by atoms with Crippen LogP contribution in [0.3, 0.4) is 0 Å². The normalized spacial score (nSPS) is 48.3. The number of aliphatic hydroxyl groups excluding tert-OH is 1. The van der Waals surface area contributed by atoms with E-state index in [0.29, 0.717) is 38.5 Å². The summed E-state index contributed by atoms with van der Waals surface area (Å²) in [4.78, 5) is 43.2. The summed E-state index contributed by atoms with van der Waals surface area (Å²) in [6, 6.07) is 0. The molecule has 0 aromatic carbocycles. The van der Waals surface area contributed by atoms with Crippen LogP contribution >= 0.6 is 0 Å².